The number of alkyl halides is 2. The second-order valence-electron chi connectivity index (χ2n) is 11.6. The fourth-order valence-corrected chi connectivity index (χ4v) is 7.29. The first-order valence-corrected chi connectivity index (χ1v) is 15.7. The molecule has 3 aliphatic rings. The van der Waals surface area contributed by atoms with Crippen LogP contribution in [-0.4, -0.2) is 62.2 Å². The lowest BCUT2D eigenvalue weighted by Gasteiger charge is -2.31. The highest BCUT2D eigenvalue weighted by Gasteiger charge is 2.42. The number of aryl methyl sites for hydroxylation is 1. The number of anilines is 1. The van der Waals surface area contributed by atoms with Crippen molar-refractivity contribution in [1.82, 2.24) is 24.3 Å². The van der Waals surface area contributed by atoms with Gasteiger partial charge < -0.3 is 9.47 Å². The molecule has 1 fully saturated rings. The van der Waals surface area contributed by atoms with Crippen LogP contribution < -0.4 is 5.32 Å². The molecule has 12 heteroatoms. The number of carbonyl (C=O) groups is 2. The van der Waals surface area contributed by atoms with Crippen LogP contribution in [0.4, 0.5) is 18.3 Å². The minimum Gasteiger partial charge on any atom is -0.334 e. The van der Waals surface area contributed by atoms with Crippen molar-refractivity contribution < 1.29 is 22.8 Å². The number of nitrogens with zero attached hydrogens (tertiary/aromatic N) is 5. The second-order valence-corrected chi connectivity index (χ2v) is 12.5. The summed E-state index contributed by atoms with van der Waals surface area (Å²) in [6.45, 7) is 1.83. The number of hydrogen-bond acceptors (Lipinski definition) is 6. The highest BCUT2D eigenvalue weighted by Crippen LogP contribution is 2.38. The summed E-state index contributed by atoms with van der Waals surface area (Å²) in [6.07, 6.45) is 4.24. The molecule has 5 heterocycles. The highest BCUT2D eigenvalue weighted by atomic mass is 32.1. The van der Waals surface area contributed by atoms with Crippen LogP contribution in [0.2, 0.25) is 0 Å². The number of hydrogen-bond donors (Lipinski definition) is 1. The SMILES string of the molecule is O=C(Nc1nccs1)C(c1ncn2c1CCC2)N1Cc2c(F)cc(-c3ccc(C4CCN(CC(F)F)CC4)cc3)cc2C1=O. The van der Waals surface area contributed by atoms with Gasteiger partial charge >= 0.3 is 0 Å². The Bertz CT molecular complexity index is 1680. The quantitative estimate of drug-likeness (QED) is 0.266. The van der Waals surface area contributed by atoms with Crippen molar-refractivity contribution in [3.05, 3.63) is 88.2 Å². The third-order valence-corrected chi connectivity index (χ3v) is 9.68. The van der Waals surface area contributed by atoms with E-state index >= 15 is 4.39 Å². The summed E-state index contributed by atoms with van der Waals surface area (Å²) in [4.78, 5) is 39.5. The Morgan fingerprint density at radius 3 is 2.59 bits per heavy atom. The van der Waals surface area contributed by atoms with Crippen molar-refractivity contribution in [1.29, 1.82) is 0 Å². The monoisotopic (exact) mass is 620 g/mol. The lowest BCUT2D eigenvalue weighted by atomic mass is 9.88. The number of carbonyl (C=O) groups excluding carboxylic acids is 2. The van der Waals surface area contributed by atoms with E-state index in [2.05, 4.69) is 15.3 Å². The molecule has 2 amide bonds. The van der Waals surface area contributed by atoms with Gasteiger partial charge in [0, 0.05) is 34.9 Å². The van der Waals surface area contributed by atoms with Gasteiger partial charge in [-0.25, -0.2) is 23.1 Å². The highest BCUT2D eigenvalue weighted by molar-refractivity contribution is 7.13. The Hall–Kier alpha value is -4.03. The van der Waals surface area contributed by atoms with E-state index in [0.717, 1.165) is 49.0 Å². The molecule has 0 spiro atoms. The topological polar surface area (TPSA) is 83.4 Å². The average Bonchev–Trinajstić information content (AvgIpc) is 3.82. The minimum absolute atomic E-state index is 0.0499. The first kappa shape index (κ1) is 28.7. The predicted molar refractivity (Wildman–Crippen MR) is 160 cm³/mol. The minimum atomic E-state index is -2.32. The van der Waals surface area contributed by atoms with Gasteiger partial charge in [0.25, 0.3) is 18.2 Å². The van der Waals surface area contributed by atoms with Gasteiger partial charge in [-0.3, -0.25) is 19.8 Å². The largest absolute Gasteiger partial charge is 0.334 e. The van der Waals surface area contributed by atoms with Gasteiger partial charge in [-0.2, -0.15) is 0 Å². The molecule has 2 aromatic carbocycles. The molecule has 0 radical (unpaired) electrons. The van der Waals surface area contributed by atoms with Crippen LogP contribution in [0.5, 0.6) is 0 Å². The lowest BCUT2D eigenvalue weighted by molar-refractivity contribution is -0.121. The number of aromatic nitrogens is 3. The Labute approximate surface area is 256 Å². The Kier molecular flexibility index (Phi) is 7.71. The molecule has 1 unspecified atom stereocenters. The maximum absolute atomic E-state index is 15.6. The van der Waals surface area contributed by atoms with Gasteiger partial charge in [0.2, 0.25) is 0 Å². The third kappa shape index (κ3) is 5.41. The van der Waals surface area contributed by atoms with Crippen molar-refractivity contribution in [3.8, 4) is 11.1 Å². The number of fused-ring (bicyclic) bond motifs is 2. The Balaban J connectivity index is 1.13. The molecule has 228 valence electrons. The Morgan fingerprint density at radius 1 is 1.07 bits per heavy atom. The van der Waals surface area contributed by atoms with Gasteiger partial charge in [-0.15, -0.1) is 11.3 Å². The zero-order valence-corrected chi connectivity index (χ0v) is 24.7. The molecule has 0 bridgehead atoms. The zero-order chi connectivity index (χ0) is 30.4. The summed E-state index contributed by atoms with van der Waals surface area (Å²) in [5.74, 6) is -1.09. The first-order chi connectivity index (χ1) is 21.4. The number of likely N-dealkylation sites (tertiary alicyclic amines) is 1. The molecule has 1 saturated heterocycles. The molecule has 0 saturated carbocycles. The summed E-state index contributed by atoms with van der Waals surface area (Å²) >= 11 is 1.27. The summed E-state index contributed by atoms with van der Waals surface area (Å²) in [5, 5.41) is 4.98. The molecule has 1 atom stereocenters. The number of imidazole rings is 1. The number of piperidine rings is 1. The molecule has 0 aliphatic carbocycles. The molecule has 1 N–H and O–H groups in total. The van der Waals surface area contributed by atoms with Gasteiger partial charge in [0.15, 0.2) is 11.2 Å². The van der Waals surface area contributed by atoms with E-state index in [0.29, 0.717) is 29.5 Å². The number of benzene rings is 2. The fraction of sp³-hybridized carbons (Fsp3) is 0.375. The lowest BCUT2D eigenvalue weighted by Crippen LogP contribution is -2.38. The van der Waals surface area contributed by atoms with E-state index in [9.17, 15) is 18.4 Å². The summed E-state index contributed by atoms with van der Waals surface area (Å²) < 4.78 is 43.1. The molecule has 4 aromatic rings. The predicted octanol–water partition coefficient (Wildman–Crippen LogP) is 5.87. The van der Waals surface area contributed by atoms with E-state index < -0.39 is 30.1 Å². The van der Waals surface area contributed by atoms with E-state index in [1.807, 2.05) is 28.8 Å². The smallest absolute Gasteiger partial charge is 0.255 e. The van der Waals surface area contributed by atoms with Crippen LogP contribution >= 0.6 is 11.3 Å². The van der Waals surface area contributed by atoms with Gasteiger partial charge in [-0.05, 0) is 73.5 Å². The summed E-state index contributed by atoms with van der Waals surface area (Å²) in [5.41, 5.74) is 4.37. The molecule has 8 nitrogen and oxygen atoms in total. The van der Waals surface area contributed by atoms with Crippen LogP contribution in [0.15, 0.2) is 54.3 Å². The first-order valence-electron chi connectivity index (χ1n) is 14.8. The van der Waals surface area contributed by atoms with Crippen LogP contribution in [0.3, 0.4) is 0 Å². The van der Waals surface area contributed by atoms with Crippen LogP contribution in [0.1, 0.15) is 64.1 Å². The maximum Gasteiger partial charge on any atom is 0.255 e. The van der Waals surface area contributed by atoms with Gasteiger partial charge in [-0.1, -0.05) is 24.3 Å². The number of rotatable bonds is 8. The number of amides is 2. The van der Waals surface area contributed by atoms with E-state index in [-0.39, 0.29) is 30.1 Å². The van der Waals surface area contributed by atoms with E-state index in [4.69, 9.17) is 0 Å². The molecular formula is C32H31F3N6O2S. The molecule has 2 aromatic heterocycles. The van der Waals surface area contributed by atoms with Gasteiger partial charge in [0.1, 0.15) is 5.82 Å². The molecule has 44 heavy (non-hydrogen) atoms. The van der Waals surface area contributed by atoms with Crippen molar-refractivity contribution in [3.63, 3.8) is 0 Å². The molecule has 7 rings (SSSR count). The van der Waals surface area contributed by atoms with Gasteiger partial charge in [0.05, 0.1) is 25.1 Å². The normalized spacial score (nSPS) is 17.7. The van der Waals surface area contributed by atoms with Crippen molar-refractivity contribution in [2.75, 3.05) is 25.0 Å². The van der Waals surface area contributed by atoms with Crippen LogP contribution in [-0.2, 0) is 24.3 Å². The van der Waals surface area contributed by atoms with Crippen molar-refractivity contribution in [2.45, 2.75) is 57.2 Å². The third-order valence-electron chi connectivity index (χ3n) is 8.99. The van der Waals surface area contributed by atoms with Crippen LogP contribution in [0, 0.1) is 5.82 Å². The number of thiazole rings is 1. The fourth-order valence-electron chi connectivity index (χ4n) is 6.76. The van der Waals surface area contributed by atoms with E-state index in [1.165, 1.54) is 22.3 Å². The standard InChI is InChI=1S/C32H31F3N6O2S/c33-25-15-22(20-5-3-19(4-6-20)21-7-11-39(12-8-21)17-27(34)35)14-23-24(25)16-41(31(23)43)29(30(42)38-32-36-9-13-44-32)28-26-2-1-10-40(26)18-37-28/h3-6,9,13-15,18,21,27,29H,1-2,7-8,10-12,16-17H2,(H,36,38,42). The molecular weight excluding hydrogens is 589 g/mol. The molecule has 3 aliphatic heterocycles. The van der Waals surface area contributed by atoms with Crippen molar-refractivity contribution >= 4 is 28.3 Å². The average molecular weight is 621 g/mol. The zero-order valence-electron chi connectivity index (χ0n) is 23.9. The summed E-state index contributed by atoms with van der Waals surface area (Å²) in [6, 6.07) is 9.93. The Morgan fingerprint density at radius 2 is 1.86 bits per heavy atom. The maximum atomic E-state index is 15.6. The summed E-state index contributed by atoms with van der Waals surface area (Å²) in [7, 11) is 0. The van der Waals surface area contributed by atoms with E-state index in [1.54, 1.807) is 28.9 Å². The van der Waals surface area contributed by atoms with Crippen LogP contribution in [0.25, 0.3) is 11.1 Å². The van der Waals surface area contributed by atoms with Crippen molar-refractivity contribution in [2.24, 2.45) is 0 Å². The number of nitrogens with one attached hydrogen (secondary N) is 1. The second kappa shape index (κ2) is 11.8. The number of halogens is 3.